The van der Waals surface area contributed by atoms with Crippen molar-refractivity contribution in [2.75, 3.05) is 37.0 Å². The van der Waals surface area contributed by atoms with Gasteiger partial charge in [-0.15, -0.1) is 15.8 Å². The molecule has 1 aliphatic carbocycles. The van der Waals surface area contributed by atoms with Gasteiger partial charge >= 0.3 is 0 Å². The first-order valence-corrected chi connectivity index (χ1v) is 11.6. The smallest absolute Gasteiger partial charge is 0 e. The van der Waals surface area contributed by atoms with Crippen LogP contribution in [0.4, 0.5) is 0 Å². The summed E-state index contributed by atoms with van der Waals surface area (Å²) in [4.78, 5) is 0. The molecule has 1 rings (SSSR count). The molecule has 0 nitrogen and oxygen atoms in total. The molecule has 19 heavy (non-hydrogen) atoms. The third-order valence-electron chi connectivity index (χ3n) is 3.35. The predicted octanol–water partition coefficient (Wildman–Crippen LogP) is 6.39. The van der Waals surface area contributed by atoms with Crippen molar-refractivity contribution in [1.29, 1.82) is 0 Å². The van der Waals surface area contributed by atoms with Crippen LogP contribution in [0.1, 0.15) is 54.4 Å². The van der Waals surface area contributed by atoms with Gasteiger partial charge in [0.1, 0.15) is 0 Å². The van der Waals surface area contributed by atoms with E-state index in [1.165, 1.54) is 49.8 Å². The maximum Gasteiger partial charge on any atom is 0 e. The van der Waals surface area contributed by atoms with Gasteiger partial charge in [0.15, 0.2) is 0 Å². The van der Waals surface area contributed by atoms with Crippen LogP contribution in [0.3, 0.4) is 0 Å². The first-order chi connectivity index (χ1) is 8.69. The van der Waals surface area contributed by atoms with E-state index in [2.05, 4.69) is 53.7 Å². The molecule has 0 aromatic carbocycles. The fraction of sp³-hybridized carbons (Fsp3) is 0.875. The topological polar surface area (TPSA) is 0 Å². The number of allylic oxidation sites excluding steroid dienone is 2. The Labute approximate surface area is 140 Å². The molecule has 0 bridgehead atoms. The Kier molecular flexibility index (Phi) is 28.7. The number of hydrogen-bond donors (Lipinski definition) is 0. The Hall–Kier alpha value is 1.29. The van der Waals surface area contributed by atoms with Crippen molar-refractivity contribution in [1.82, 2.24) is 0 Å². The maximum absolute atomic E-state index is 2.29. The molecule has 0 aromatic rings. The maximum atomic E-state index is 2.29. The summed E-state index contributed by atoms with van der Waals surface area (Å²) < 4.78 is 0. The minimum Gasteiger partial charge on any atom is -0.108 e. The van der Waals surface area contributed by atoms with Crippen LogP contribution in [0.2, 0.25) is 0 Å². The van der Waals surface area contributed by atoms with Gasteiger partial charge in [0.2, 0.25) is 0 Å². The third-order valence-corrected chi connectivity index (χ3v) is 8.72. The Morgan fingerprint density at radius 3 is 0.737 bits per heavy atom. The molecule has 0 saturated heterocycles. The van der Waals surface area contributed by atoms with Crippen LogP contribution >= 0.6 is 15.8 Å². The van der Waals surface area contributed by atoms with Gasteiger partial charge < -0.3 is 0 Å². The van der Waals surface area contributed by atoms with Gasteiger partial charge in [0.05, 0.1) is 0 Å². The SMILES string of the molecule is C1=CCC1.CCP(CC)CC.CCP(CC)CC.[Pt]. The van der Waals surface area contributed by atoms with Crippen LogP contribution < -0.4 is 0 Å². The summed E-state index contributed by atoms with van der Waals surface area (Å²) >= 11 is 0. The van der Waals surface area contributed by atoms with Crippen molar-refractivity contribution < 1.29 is 21.1 Å². The Morgan fingerprint density at radius 1 is 0.579 bits per heavy atom. The van der Waals surface area contributed by atoms with Gasteiger partial charge in [-0.2, -0.15) is 0 Å². The van der Waals surface area contributed by atoms with Crippen LogP contribution in [0, 0.1) is 0 Å². The van der Waals surface area contributed by atoms with Crippen LogP contribution in [0.15, 0.2) is 12.2 Å². The molecule has 3 heteroatoms. The molecule has 0 atom stereocenters. The average Bonchev–Trinajstić information content (AvgIpc) is 2.32. The van der Waals surface area contributed by atoms with Crippen molar-refractivity contribution in [3.63, 3.8) is 0 Å². The fourth-order valence-corrected chi connectivity index (χ4v) is 4.19. The molecule has 0 heterocycles. The van der Waals surface area contributed by atoms with E-state index in [1.807, 2.05) is 0 Å². The molecule has 0 aromatic heterocycles. The molecule has 0 spiro atoms. The van der Waals surface area contributed by atoms with Crippen molar-refractivity contribution in [3.8, 4) is 0 Å². The van der Waals surface area contributed by atoms with E-state index in [0.717, 1.165) is 0 Å². The summed E-state index contributed by atoms with van der Waals surface area (Å²) in [6, 6.07) is 0. The zero-order valence-corrected chi connectivity index (χ0v) is 18.1. The molecule has 0 fully saturated rings. The average molecular weight is 485 g/mol. The molecule has 0 amide bonds. The van der Waals surface area contributed by atoms with E-state index >= 15 is 0 Å². The van der Waals surface area contributed by atoms with E-state index in [-0.39, 0.29) is 21.1 Å². The van der Waals surface area contributed by atoms with Crippen LogP contribution in [-0.4, -0.2) is 37.0 Å². The van der Waals surface area contributed by atoms with E-state index in [9.17, 15) is 0 Å². The van der Waals surface area contributed by atoms with Gasteiger partial charge in [-0.25, -0.2) is 0 Å². The predicted molar refractivity (Wildman–Crippen MR) is 95.5 cm³/mol. The minimum atomic E-state index is 0. The van der Waals surface area contributed by atoms with Gasteiger partial charge in [-0.05, 0) is 49.8 Å². The Morgan fingerprint density at radius 2 is 0.737 bits per heavy atom. The van der Waals surface area contributed by atoms with Crippen LogP contribution in [-0.2, 0) is 21.1 Å². The number of rotatable bonds is 6. The van der Waals surface area contributed by atoms with Crippen molar-refractivity contribution >= 4 is 15.8 Å². The summed E-state index contributed by atoms with van der Waals surface area (Å²) in [5, 5.41) is 0. The van der Waals surface area contributed by atoms with Crippen molar-refractivity contribution in [3.05, 3.63) is 12.2 Å². The van der Waals surface area contributed by atoms with Gasteiger partial charge in [-0.3, -0.25) is 0 Å². The molecular formula is C16H36P2Pt. The third kappa shape index (κ3) is 19.3. The molecule has 0 N–H and O–H groups in total. The normalized spacial score (nSPS) is 11.8. The quantitative estimate of drug-likeness (QED) is 0.302. The zero-order valence-electron chi connectivity index (χ0n) is 14.0. The van der Waals surface area contributed by atoms with E-state index in [1.54, 1.807) is 0 Å². The van der Waals surface area contributed by atoms with Crippen molar-refractivity contribution in [2.45, 2.75) is 54.4 Å². The van der Waals surface area contributed by atoms with Gasteiger partial charge in [0, 0.05) is 21.1 Å². The Balaban J connectivity index is -0.000000203. The molecule has 0 radical (unpaired) electrons. The minimum absolute atomic E-state index is 0. The monoisotopic (exact) mass is 485 g/mol. The molecule has 0 aliphatic heterocycles. The van der Waals surface area contributed by atoms with Crippen molar-refractivity contribution in [2.24, 2.45) is 0 Å². The molecule has 0 saturated carbocycles. The largest absolute Gasteiger partial charge is 0.108 e. The summed E-state index contributed by atoms with van der Waals surface area (Å²) in [7, 11) is 0.892. The summed E-state index contributed by atoms with van der Waals surface area (Å²) in [5.74, 6) is 0. The van der Waals surface area contributed by atoms with E-state index < -0.39 is 0 Å². The molecule has 0 unspecified atom stereocenters. The van der Waals surface area contributed by atoms with Gasteiger partial charge in [-0.1, -0.05) is 53.7 Å². The van der Waals surface area contributed by atoms with Gasteiger partial charge in [0.25, 0.3) is 0 Å². The zero-order chi connectivity index (χ0) is 14.2. The first-order valence-electron chi connectivity index (χ1n) is 7.79. The second-order valence-electron chi connectivity index (χ2n) is 4.29. The first kappa shape index (κ1) is 25.3. The molecule has 120 valence electrons. The van der Waals surface area contributed by atoms with E-state index in [0.29, 0.717) is 15.8 Å². The second-order valence-corrected chi connectivity index (χ2v) is 10.8. The summed E-state index contributed by atoms with van der Waals surface area (Å²) in [6.07, 6.45) is 15.5. The van der Waals surface area contributed by atoms with Crippen LogP contribution in [0.25, 0.3) is 0 Å². The number of hydrogen-bond acceptors (Lipinski definition) is 0. The summed E-state index contributed by atoms with van der Waals surface area (Å²) in [5.41, 5.74) is 0. The molecular weight excluding hydrogens is 449 g/mol. The Bertz CT molecular complexity index is 135. The molecule has 1 aliphatic rings. The van der Waals surface area contributed by atoms with Crippen LogP contribution in [0.5, 0.6) is 0 Å². The second kappa shape index (κ2) is 21.6. The standard InChI is InChI=1S/2C6H15P.C4H6.Pt/c2*1-4-7(5-2)6-3;1-2-4-3-1;/h2*4-6H2,1-3H3;1-2H,3-4H2;. The summed E-state index contributed by atoms with van der Waals surface area (Å²) in [6.45, 7) is 13.7. The fourth-order valence-electron chi connectivity index (χ4n) is 1.51. The van der Waals surface area contributed by atoms with E-state index in [4.69, 9.17) is 0 Å².